The molecule has 0 aromatic heterocycles. The molecule has 1 aromatic carbocycles. The maximum absolute atomic E-state index is 14.5. The fraction of sp³-hybridized carbons (Fsp3) is 0.581. The van der Waals surface area contributed by atoms with Crippen LogP contribution in [0.3, 0.4) is 0 Å². The average molecular weight is 555 g/mol. The van der Waals surface area contributed by atoms with Crippen LogP contribution in [0, 0.1) is 17.8 Å². The van der Waals surface area contributed by atoms with Crippen molar-refractivity contribution in [3.63, 3.8) is 0 Å². The number of esters is 1. The number of unbranched alkanes of at least 4 members (excludes halogenated alkanes) is 1. The normalized spacial score (nSPS) is 27.9. The molecule has 2 bridgehead atoms. The van der Waals surface area contributed by atoms with Crippen LogP contribution in [0.25, 0.3) is 0 Å². The topological polar surface area (TPSA) is 87.1 Å². The monoisotopic (exact) mass is 554 g/mol. The smallest absolute Gasteiger partial charge is 0.310 e. The van der Waals surface area contributed by atoms with Crippen molar-refractivity contribution in [3.05, 3.63) is 61.2 Å². The summed E-state index contributed by atoms with van der Waals surface area (Å²) in [6.07, 6.45) is 6.94. The molecule has 2 amide bonds. The summed E-state index contributed by atoms with van der Waals surface area (Å²) in [5.41, 5.74) is 0.989. The minimum atomic E-state index is -0.761. The molecule has 8 heteroatoms. The standard InChI is InChI=1S/C31H42N2O5S/c1-5-7-11-17-38-30(37)25-24-14-15-31(39-24)26(25)28(35)33(23(20-34)18-21(3)4)27(31)29(36)32(16-6-2)19-22-12-9-8-10-13-22/h5-6,8-10,12-13,21,23-27,34H,1-2,7,11,14-20H2,3-4H3/t23-,24-,25+,26+,27?,31?/m1/s1. The molecular formula is C31H42N2O5S. The molecule has 3 saturated heterocycles. The van der Waals surface area contributed by atoms with Gasteiger partial charge in [-0.2, -0.15) is 0 Å². The summed E-state index contributed by atoms with van der Waals surface area (Å²) in [5.74, 6) is -1.70. The van der Waals surface area contributed by atoms with Gasteiger partial charge in [0.25, 0.3) is 0 Å². The number of thioether (sulfide) groups is 1. The van der Waals surface area contributed by atoms with Crippen LogP contribution in [0.1, 0.15) is 51.5 Å². The number of benzene rings is 1. The number of amides is 2. The Morgan fingerprint density at radius 3 is 2.64 bits per heavy atom. The summed E-state index contributed by atoms with van der Waals surface area (Å²) in [6, 6.07) is 8.51. The van der Waals surface area contributed by atoms with Crippen molar-refractivity contribution < 1.29 is 24.2 Å². The van der Waals surface area contributed by atoms with Gasteiger partial charge in [-0.05, 0) is 43.6 Å². The highest BCUT2D eigenvalue weighted by Gasteiger charge is 2.74. The van der Waals surface area contributed by atoms with E-state index in [1.165, 1.54) is 0 Å². The van der Waals surface area contributed by atoms with E-state index >= 15 is 0 Å². The van der Waals surface area contributed by atoms with Crippen LogP contribution in [0.15, 0.2) is 55.6 Å². The first kappa shape index (κ1) is 29.4. The molecule has 0 radical (unpaired) electrons. The first-order valence-electron chi connectivity index (χ1n) is 14.1. The lowest BCUT2D eigenvalue weighted by Gasteiger charge is -2.40. The van der Waals surface area contributed by atoms with Crippen LogP contribution in [0.5, 0.6) is 0 Å². The highest BCUT2D eigenvalue weighted by atomic mass is 32.2. The van der Waals surface area contributed by atoms with E-state index in [-0.39, 0.29) is 42.2 Å². The molecule has 3 fully saturated rings. The number of likely N-dealkylation sites (tertiary alicyclic amines) is 1. The van der Waals surface area contributed by atoms with Crippen molar-refractivity contribution in [2.45, 2.75) is 74.6 Å². The summed E-state index contributed by atoms with van der Waals surface area (Å²) in [5, 5.41) is 10.4. The van der Waals surface area contributed by atoms with Crippen molar-refractivity contribution in [2.75, 3.05) is 19.8 Å². The number of fused-ring (bicyclic) bond motifs is 1. The Balaban J connectivity index is 1.71. The molecule has 7 nitrogen and oxygen atoms in total. The van der Waals surface area contributed by atoms with Gasteiger partial charge in [-0.25, -0.2) is 0 Å². The van der Waals surface area contributed by atoms with Crippen LogP contribution in [-0.2, 0) is 25.7 Å². The van der Waals surface area contributed by atoms with Crippen LogP contribution in [0.4, 0.5) is 0 Å². The first-order valence-corrected chi connectivity index (χ1v) is 15.0. The van der Waals surface area contributed by atoms with Crippen LogP contribution in [0.2, 0.25) is 0 Å². The van der Waals surface area contributed by atoms with E-state index in [2.05, 4.69) is 13.2 Å². The lowest BCUT2D eigenvalue weighted by Crippen LogP contribution is -2.57. The number of rotatable bonds is 14. The van der Waals surface area contributed by atoms with Gasteiger partial charge in [0, 0.05) is 18.3 Å². The maximum Gasteiger partial charge on any atom is 0.310 e. The number of ether oxygens (including phenoxy) is 1. The third kappa shape index (κ3) is 5.68. The summed E-state index contributed by atoms with van der Waals surface area (Å²) in [4.78, 5) is 45.6. The Morgan fingerprint density at radius 1 is 1.26 bits per heavy atom. The van der Waals surface area contributed by atoms with Gasteiger partial charge >= 0.3 is 5.97 Å². The molecule has 6 atom stereocenters. The fourth-order valence-electron chi connectivity index (χ4n) is 6.71. The van der Waals surface area contributed by atoms with E-state index in [4.69, 9.17) is 4.74 Å². The number of carbonyl (C=O) groups is 3. The number of aliphatic hydroxyl groups is 1. The molecule has 1 N–H and O–H groups in total. The predicted octanol–water partition coefficient (Wildman–Crippen LogP) is 4.21. The van der Waals surface area contributed by atoms with E-state index in [0.29, 0.717) is 32.4 Å². The molecule has 1 spiro atoms. The van der Waals surface area contributed by atoms with Gasteiger partial charge in [0.15, 0.2) is 0 Å². The molecule has 39 heavy (non-hydrogen) atoms. The van der Waals surface area contributed by atoms with Crippen molar-refractivity contribution in [1.29, 1.82) is 0 Å². The number of hydrogen-bond acceptors (Lipinski definition) is 6. The van der Waals surface area contributed by atoms with Crippen molar-refractivity contribution >= 4 is 29.5 Å². The van der Waals surface area contributed by atoms with Crippen molar-refractivity contribution in [1.82, 2.24) is 9.80 Å². The Bertz CT molecular complexity index is 1060. The predicted molar refractivity (Wildman–Crippen MR) is 154 cm³/mol. The van der Waals surface area contributed by atoms with Crippen molar-refractivity contribution in [3.8, 4) is 0 Å². The largest absolute Gasteiger partial charge is 0.465 e. The van der Waals surface area contributed by atoms with Gasteiger partial charge in [-0.3, -0.25) is 14.4 Å². The van der Waals surface area contributed by atoms with Gasteiger partial charge in [0.05, 0.1) is 35.8 Å². The lowest BCUT2D eigenvalue weighted by molar-refractivity contribution is -0.154. The number of aliphatic hydroxyl groups excluding tert-OH is 1. The van der Waals surface area contributed by atoms with E-state index < -0.39 is 28.7 Å². The minimum Gasteiger partial charge on any atom is -0.465 e. The van der Waals surface area contributed by atoms with Crippen molar-refractivity contribution in [2.24, 2.45) is 17.8 Å². The summed E-state index contributed by atoms with van der Waals surface area (Å²) >= 11 is 1.63. The highest BCUT2D eigenvalue weighted by molar-refractivity contribution is 8.02. The number of hydrogen-bond donors (Lipinski definition) is 1. The molecule has 3 heterocycles. The third-order valence-electron chi connectivity index (χ3n) is 8.27. The van der Waals surface area contributed by atoms with Gasteiger partial charge in [-0.1, -0.05) is 56.3 Å². The van der Waals surface area contributed by atoms with Gasteiger partial charge < -0.3 is 19.6 Å². The van der Waals surface area contributed by atoms with Crippen LogP contribution in [-0.4, -0.2) is 74.5 Å². The maximum atomic E-state index is 14.5. The zero-order valence-corrected chi connectivity index (χ0v) is 24.0. The molecule has 3 aliphatic heterocycles. The fourth-order valence-corrected chi connectivity index (χ4v) is 8.90. The number of allylic oxidation sites excluding steroid dienone is 1. The van der Waals surface area contributed by atoms with E-state index in [1.54, 1.807) is 33.7 Å². The molecule has 2 unspecified atom stereocenters. The molecular weight excluding hydrogens is 512 g/mol. The SMILES string of the molecule is C=CCCCOC(=O)[C@@H]1[C@H]2C(=O)N([C@@H](CO)CC(C)C)C(C(=O)N(CC=C)Cc3ccccc3)C23CC[C@H]1S3. The van der Waals surface area contributed by atoms with Crippen LogP contribution >= 0.6 is 11.8 Å². The third-order valence-corrected chi connectivity index (χ3v) is 10.2. The summed E-state index contributed by atoms with van der Waals surface area (Å²) in [7, 11) is 0. The highest BCUT2D eigenvalue weighted by Crippen LogP contribution is 2.67. The minimum absolute atomic E-state index is 0.0528. The van der Waals surface area contributed by atoms with Gasteiger partial charge in [-0.15, -0.1) is 24.9 Å². The average Bonchev–Trinajstić information content (AvgIpc) is 3.57. The summed E-state index contributed by atoms with van der Waals surface area (Å²) in [6.45, 7) is 12.5. The summed E-state index contributed by atoms with van der Waals surface area (Å²) < 4.78 is 4.93. The van der Waals surface area contributed by atoms with E-state index in [9.17, 15) is 19.5 Å². The van der Waals surface area contributed by atoms with E-state index in [0.717, 1.165) is 18.4 Å². The number of carbonyl (C=O) groups excluding carboxylic acids is 3. The quantitative estimate of drug-likeness (QED) is 0.211. The lowest BCUT2D eigenvalue weighted by atomic mass is 9.71. The van der Waals surface area contributed by atoms with Crippen LogP contribution < -0.4 is 0 Å². The molecule has 0 aliphatic carbocycles. The Labute approximate surface area is 236 Å². The zero-order chi connectivity index (χ0) is 28.2. The molecule has 0 saturated carbocycles. The Kier molecular flexibility index (Phi) is 9.60. The number of nitrogens with zero attached hydrogens (tertiary/aromatic N) is 2. The van der Waals surface area contributed by atoms with Gasteiger partial charge in [0.2, 0.25) is 11.8 Å². The first-order chi connectivity index (χ1) is 18.8. The molecule has 212 valence electrons. The second-order valence-corrected chi connectivity index (χ2v) is 13.0. The molecule has 4 rings (SSSR count). The Hall–Kier alpha value is -2.58. The van der Waals surface area contributed by atoms with E-state index in [1.807, 2.05) is 44.2 Å². The zero-order valence-electron chi connectivity index (χ0n) is 23.2. The Morgan fingerprint density at radius 2 is 2.00 bits per heavy atom. The molecule has 1 aromatic rings. The second kappa shape index (κ2) is 12.7. The van der Waals surface area contributed by atoms with Gasteiger partial charge in [0.1, 0.15) is 6.04 Å². The second-order valence-electron chi connectivity index (χ2n) is 11.4. The molecule has 3 aliphatic rings.